The number of hydrogen-bond acceptors (Lipinski definition) is 7. The van der Waals surface area contributed by atoms with Crippen molar-refractivity contribution in [1.82, 2.24) is 19.7 Å². The fourth-order valence-corrected chi connectivity index (χ4v) is 3.76. The van der Waals surface area contributed by atoms with E-state index in [-0.39, 0.29) is 36.5 Å². The van der Waals surface area contributed by atoms with Gasteiger partial charge in [-0.2, -0.15) is 5.10 Å². The Kier molecular flexibility index (Phi) is 6.83. The third-order valence-electron chi connectivity index (χ3n) is 5.38. The highest BCUT2D eigenvalue weighted by molar-refractivity contribution is 6.06. The van der Waals surface area contributed by atoms with Crippen LogP contribution in [0.5, 0.6) is 11.5 Å². The largest absolute Gasteiger partial charge is 0.504 e. The first-order valence-corrected chi connectivity index (χ1v) is 11.2. The number of carbonyl (C=O) groups is 1. The van der Waals surface area contributed by atoms with Gasteiger partial charge in [0, 0.05) is 17.8 Å². The maximum atomic E-state index is 12.9. The number of hydrogen-bond donors (Lipinski definition) is 2. The molecule has 10 heteroatoms. The normalized spacial score (nSPS) is 10.8. The zero-order valence-electron chi connectivity index (χ0n) is 19.9. The quantitative estimate of drug-likeness (QED) is 0.286. The third-order valence-corrected chi connectivity index (χ3v) is 5.38. The van der Waals surface area contributed by atoms with Gasteiger partial charge in [-0.05, 0) is 44.2 Å². The maximum absolute atomic E-state index is 12.9. The van der Waals surface area contributed by atoms with Gasteiger partial charge in [0.25, 0.3) is 5.91 Å². The summed E-state index contributed by atoms with van der Waals surface area (Å²) in [7, 11) is 0. The first-order valence-electron chi connectivity index (χ1n) is 11.2. The van der Waals surface area contributed by atoms with Crippen LogP contribution in [-0.4, -0.2) is 43.4 Å². The van der Waals surface area contributed by atoms with E-state index in [2.05, 4.69) is 21.4 Å². The summed E-state index contributed by atoms with van der Waals surface area (Å²) in [4.78, 5) is 26.0. The predicted molar refractivity (Wildman–Crippen MR) is 137 cm³/mol. The van der Waals surface area contributed by atoms with Crippen LogP contribution in [0.4, 0.5) is 11.5 Å². The highest BCUT2D eigenvalue weighted by Gasteiger charge is 2.22. The van der Waals surface area contributed by atoms with Gasteiger partial charge in [-0.25, -0.2) is 19.5 Å². The zero-order chi connectivity index (χ0) is 25.8. The van der Waals surface area contributed by atoms with Crippen LogP contribution >= 0.6 is 0 Å². The number of phenols is 1. The lowest BCUT2D eigenvalue weighted by molar-refractivity contribution is -0.114. The van der Waals surface area contributed by atoms with E-state index in [0.29, 0.717) is 33.7 Å². The Bertz CT molecular complexity index is 1470. The van der Waals surface area contributed by atoms with E-state index in [1.807, 2.05) is 32.0 Å². The molecule has 0 saturated carbocycles. The summed E-state index contributed by atoms with van der Waals surface area (Å²) in [5.41, 5.74) is 8.20. The second kappa shape index (κ2) is 10.1. The third kappa shape index (κ3) is 4.81. The highest BCUT2D eigenvalue weighted by atomic mass is 16.5. The van der Waals surface area contributed by atoms with Crippen LogP contribution in [0.1, 0.15) is 13.8 Å². The average molecular weight is 484 g/mol. The van der Waals surface area contributed by atoms with E-state index in [0.717, 1.165) is 0 Å². The van der Waals surface area contributed by atoms with Crippen molar-refractivity contribution in [3.8, 4) is 22.8 Å². The van der Waals surface area contributed by atoms with E-state index in [1.54, 1.807) is 35.0 Å². The molecule has 0 aliphatic rings. The second-order valence-corrected chi connectivity index (χ2v) is 8.23. The molecular weight excluding hydrogens is 458 g/mol. The fraction of sp³-hybridized carbons (Fsp3) is 0.192. The van der Waals surface area contributed by atoms with Crippen molar-refractivity contribution in [2.75, 3.05) is 17.2 Å². The molecule has 2 aromatic carbocycles. The number of aromatic hydroxyl groups is 1. The lowest BCUT2D eigenvalue weighted by Gasteiger charge is -2.22. The molecule has 0 atom stereocenters. The van der Waals surface area contributed by atoms with Crippen LogP contribution in [0.2, 0.25) is 0 Å². The van der Waals surface area contributed by atoms with Crippen molar-refractivity contribution < 1.29 is 14.6 Å². The predicted octanol–water partition coefficient (Wildman–Crippen LogP) is 4.03. The molecule has 2 aromatic heterocycles. The summed E-state index contributed by atoms with van der Waals surface area (Å²) in [5, 5.41) is 15.7. The lowest BCUT2D eigenvalue weighted by atomic mass is 10.1. The van der Waals surface area contributed by atoms with E-state index in [1.165, 1.54) is 11.2 Å². The lowest BCUT2D eigenvalue weighted by Crippen LogP contribution is -2.34. The molecule has 0 saturated heterocycles. The number of nitrogens with two attached hydrogens (primary N) is 1. The van der Waals surface area contributed by atoms with Gasteiger partial charge in [-0.3, -0.25) is 4.79 Å². The molecule has 0 bridgehead atoms. The summed E-state index contributed by atoms with van der Waals surface area (Å²) >= 11 is 0. The van der Waals surface area contributed by atoms with Crippen molar-refractivity contribution in [3.63, 3.8) is 0 Å². The Hall–Kier alpha value is -4.91. The van der Waals surface area contributed by atoms with E-state index in [9.17, 15) is 9.90 Å². The molecule has 4 rings (SSSR count). The van der Waals surface area contributed by atoms with Crippen molar-refractivity contribution >= 4 is 28.4 Å². The van der Waals surface area contributed by atoms with Crippen molar-refractivity contribution in [1.29, 1.82) is 0 Å². The van der Waals surface area contributed by atoms with Gasteiger partial charge in [0.2, 0.25) is 5.70 Å². The van der Waals surface area contributed by atoms with Crippen molar-refractivity contribution in [2.45, 2.75) is 26.5 Å². The van der Waals surface area contributed by atoms with Crippen LogP contribution in [0.15, 0.2) is 67.1 Å². The second-order valence-electron chi connectivity index (χ2n) is 8.23. The van der Waals surface area contributed by atoms with Crippen molar-refractivity contribution in [2.24, 2.45) is 0 Å². The average Bonchev–Trinajstić information content (AvgIpc) is 3.25. The highest BCUT2D eigenvalue weighted by Crippen LogP contribution is 2.36. The van der Waals surface area contributed by atoms with E-state index in [4.69, 9.17) is 22.1 Å². The van der Waals surface area contributed by atoms with Crippen LogP contribution in [0.25, 0.3) is 27.1 Å². The number of rotatable bonds is 8. The Morgan fingerprint density at radius 2 is 2.00 bits per heavy atom. The Morgan fingerprint density at radius 1 is 1.25 bits per heavy atom. The van der Waals surface area contributed by atoms with Gasteiger partial charge in [0.1, 0.15) is 17.8 Å². The molecule has 36 heavy (non-hydrogen) atoms. The van der Waals surface area contributed by atoms with Crippen LogP contribution in [0.3, 0.4) is 0 Å². The molecule has 0 spiro atoms. The van der Waals surface area contributed by atoms with Crippen LogP contribution in [-0.2, 0) is 11.3 Å². The minimum Gasteiger partial charge on any atom is -0.504 e. The number of nitrogens with zero attached hydrogens (tertiary/aromatic N) is 6. The molecule has 182 valence electrons. The molecule has 10 nitrogen and oxygen atoms in total. The number of phenolic OH excluding ortho intramolecular Hbond substituents is 1. The van der Waals surface area contributed by atoms with Gasteiger partial charge >= 0.3 is 0 Å². The number of ether oxygens (including phenoxy) is 1. The summed E-state index contributed by atoms with van der Waals surface area (Å²) in [5.74, 6) is 0.0740. The smallest absolute Gasteiger partial charge is 0.256 e. The molecular formula is C26H25N7O3. The molecule has 2 heterocycles. The minimum absolute atomic E-state index is 0.0298. The standard InChI is InChI=1S/C26H25N7O3/c1-16(2)36-21-11-10-18(14-20(21)34)23-22-24(27)29-15-30-25(22)33(31-23)13-12-32(26(35)17(3)28-4)19-8-6-5-7-9-19/h5-11,14-16,34H,3,12-13H2,1-2H3,(H2,27,29,30). The van der Waals surface area contributed by atoms with Gasteiger partial charge in [-0.15, -0.1) is 0 Å². The summed E-state index contributed by atoms with van der Waals surface area (Å²) < 4.78 is 7.25. The number of fused-ring (bicyclic) bond motifs is 1. The molecule has 1 amide bonds. The SMILES string of the molecule is [C-]#[N+]C(=C)C(=O)N(CCn1nc(-c2ccc(OC(C)C)c(O)c2)c2c(N)ncnc21)c1ccccc1. The Labute approximate surface area is 208 Å². The minimum atomic E-state index is -0.493. The number of benzene rings is 2. The molecule has 0 fully saturated rings. The van der Waals surface area contributed by atoms with Crippen LogP contribution in [0, 0.1) is 6.57 Å². The van der Waals surface area contributed by atoms with E-state index >= 15 is 0 Å². The molecule has 4 aromatic rings. The number of anilines is 2. The van der Waals surface area contributed by atoms with Crippen molar-refractivity contribution in [3.05, 3.63) is 78.6 Å². The number of carbonyl (C=O) groups excluding carboxylic acids is 1. The first kappa shape index (κ1) is 24.2. The fourth-order valence-electron chi connectivity index (χ4n) is 3.76. The van der Waals surface area contributed by atoms with E-state index < -0.39 is 5.91 Å². The molecule has 0 aliphatic heterocycles. The molecule has 3 N–H and O–H groups in total. The molecule has 0 aliphatic carbocycles. The van der Waals surface area contributed by atoms with Gasteiger partial charge < -0.3 is 20.5 Å². The summed E-state index contributed by atoms with van der Waals surface area (Å²) in [6.07, 6.45) is 1.25. The topological polar surface area (TPSA) is 124 Å². The summed E-state index contributed by atoms with van der Waals surface area (Å²) in [6, 6.07) is 14.0. The Morgan fingerprint density at radius 3 is 2.67 bits per heavy atom. The van der Waals surface area contributed by atoms with Gasteiger partial charge in [0.05, 0.1) is 24.6 Å². The monoisotopic (exact) mass is 483 g/mol. The zero-order valence-corrected chi connectivity index (χ0v) is 19.9. The number of nitrogen functional groups attached to an aromatic ring is 1. The molecule has 0 unspecified atom stereocenters. The van der Waals surface area contributed by atoms with Crippen LogP contribution < -0.4 is 15.4 Å². The first-order chi connectivity index (χ1) is 17.3. The Balaban J connectivity index is 1.72. The number of para-hydroxylation sites is 1. The molecule has 0 radical (unpaired) electrons. The number of amides is 1. The summed E-state index contributed by atoms with van der Waals surface area (Å²) in [6.45, 7) is 15.0. The van der Waals surface area contributed by atoms with Gasteiger partial charge in [-0.1, -0.05) is 24.8 Å². The van der Waals surface area contributed by atoms with Gasteiger partial charge in [0.15, 0.2) is 17.1 Å². The maximum Gasteiger partial charge on any atom is 0.256 e. The number of aromatic nitrogens is 4.